The standard InChI is InChI=1S/C24H22/c1-23(2)15-24(3,21-14-8-13-20(21)23)22-18-11-6-4-9-16(18)17-10-5-7-12-19(17)22/h4-14H,15H2,1-3H3. The van der Waals surface area contributed by atoms with Crippen molar-refractivity contribution in [2.45, 2.75) is 27.2 Å². The maximum atomic E-state index is 2.45. The van der Waals surface area contributed by atoms with E-state index in [-0.39, 0.29) is 10.8 Å². The Labute approximate surface area is 147 Å². The van der Waals surface area contributed by atoms with E-state index in [0.29, 0.717) is 0 Å². The van der Waals surface area contributed by atoms with Crippen LogP contribution >= 0.6 is 0 Å². The second kappa shape index (κ2) is 4.99. The fourth-order valence-electron chi connectivity index (χ4n) is 5.40. The summed E-state index contributed by atoms with van der Waals surface area (Å²) in [5.41, 5.74) is 0.304. The molecule has 5 rings (SSSR count). The molecular weight excluding hydrogens is 288 g/mol. The number of rotatable bonds is 1. The Morgan fingerprint density at radius 3 is 1.75 bits per heavy atom. The molecule has 0 aliphatic heterocycles. The van der Waals surface area contributed by atoms with Crippen molar-refractivity contribution in [3.63, 3.8) is 0 Å². The van der Waals surface area contributed by atoms with Crippen molar-refractivity contribution < 1.29 is 0 Å². The number of hydrogen-bond acceptors (Lipinski definition) is 0. The molecule has 0 bridgehead atoms. The Morgan fingerprint density at radius 1 is 0.667 bits per heavy atom. The van der Waals surface area contributed by atoms with Crippen LogP contribution in [-0.4, -0.2) is 0 Å². The summed E-state index contributed by atoms with van der Waals surface area (Å²) >= 11 is 0. The topological polar surface area (TPSA) is 0 Å². The molecule has 0 heteroatoms. The van der Waals surface area contributed by atoms with Crippen LogP contribution in [0.4, 0.5) is 0 Å². The van der Waals surface area contributed by atoms with Crippen LogP contribution in [0.25, 0.3) is 0 Å². The number of fused-ring (bicyclic) bond motifs is 4. The molecule has 5 aliphatic rings. The third-order valence-corrected chi connectivity index (χ3v) is 6.17. The van der Waals surface area contributed by atoms with Gasteiger partial charge in [-0.1, -0.05) is 69.4 Å². The fourth-order valence-corrected chi connectivity index (χ4v) is 5.40. The van der Waals surface area contributed by atoms with Crippen LogP contribution in [-0.2, 0) is 0 Å². The molecule has 1 atom stereocenters. The first-order valence-corrected chi connectivity index (χ1v) is 8.86. The molecule has 24 heavy (non-hydrogen) atoms. The molecule has 0 saturated heterocycles. The molecule has 5 aliphatic carbocycles. The van der Waals surface area contributed by atoms with Gasteiger partial charge in [-0.25, -0.2) is 0 Å². The minimum absolute atomic E-state index is 0.0744. The highest BCUT2D eigenvalue weighted by Crippen LogP contribution is 2.74. The SMILES string of the molecule is CC1(C)CC(C)([C]2[C]3C=CC=C[C]3[C]3C=CC=C[C]32)[C]2[CH][CH][CH][C]21. The summed E-state index contributed by atoms with van der Waals surface area (Å²) in [6.07, 6.45) is 25.9. The summed E-state index contributed by atoms with van der Waals surface area (Å²) < 4.78 is 0. The van der Waals surface area contributed by atoms with Gasteiger partial charge in [-0.05, 0) is 48.3 Å². The highest BCUT2D eigenvalue weighted by atomic mass is 14.7. The van der Waals surface area contributed by atoms with E-state index in [0.717, 1.165) is 0 Å². The van der Waals surface area contributed by atoms with E-state index >= 15 is 0 Å². The molecule has 3 saturated carbocycles. The third-order valence-electron chi connectivity index (χ3n) is 6.17. The lowest BCUT2D eigenvalue weighted by Crippen LogP contribution is -2.34. The van der Waals surface area contributed by atoms with Gasteiger partial charge in [-0.2, -0.15) is 0 Å². The summed E-state index contributed by atoms with van der Waals surface area (Å²) in [5, 5.41) is 0. The Hall–Kier alpha value is -1.04. The molecule has 3 fully saturated rings. The molecule has 0 aromatic carbocycles. The lowest BCUT2D eigenvalue weighted by molar-refractivity contribution is 0.311. The van der Waals surface area contributed by atoms with Crippen molar-refractivity contribution in [3.05, 3.63) is 109 Å². The quantitative estimate of drug-likeness (QED) is 0.613. The Bertz CT molecular complexity index is 611. The summed E-state index contributed by atoms with van der Waals surface area (Å²) in [4.78, 5) is 0. The van der Waals surface area contributed by atoms with Gasteiger partial charge in [0.2, 0.25) is 0 Å². The van der Waals surface area contributed by atoms with Gasteiger partial charge >= 0.3 is 0 Å². The number of hydrogen-bond donors (Lipinski definition) is 0. The molecule has 0 nitrogen and oxygen atoms in total. The summed E-state index contributed by atoms with van der Waals surface area (Å²) in [5.74, 6) is 10.2. The normalized spacial score (nSPS) is 37.5. The van der Waals surface area contributed by atoms with Gasteiger partial charge in [0, 0.05) is 29.6 Å². The molecule has 0 N–H and O–H groups in total. The Kier molecular flexibility index (Phi) is 3.17. The highest BCUT2D eigenvalue weighted by Gasteiger charge is 2.65. The highest BCUT2D eigenvalue weighted by molar-refractivity contribution is 5.79. The Morgan fingerprint density at radius 2 is 1.17 bits per heavy atom. The van der Waals surface area contributed by atoms with Gasteiger partial charge in [-0.15, -0.1) is 0 Å². The Balaban J connectivity index is 1.60. The summed E-state index contributed by atoms with van der Waals surface area (Å²) in [6.45, 7) is 7.24. The molecule has 0 amide bonds. The zero-order valence-corrected chi connectivity index (χ0v) is 14.6. The molecule has 0 aromatic rings. The van der Waals surface area contributed by atoms with Crippen molar-refractivity contribution in [3.8, 4) is 0 Å². The largest absolute Gasteiger partial charge is 0.0758 e. The van der Waals surface area contributed by atoms with Crippen molar-refractivity contribution in [1.29, 1.82) is 0 Å². The first-order chi connectivity index (χ1) is 11.5. The van der Waals surface area contributed by atoms with Crippen LogP contribution in [0.5, 0.6) is 0 Å². The van der Waals surface area contributed by atoms with E-state index in [4.69, 9.17) is 0 Å². The van der Waals surface area contributed by atoms with Crippen molar-refractivity contribution in [2.75, 3.05) is 0 Å². The second-order valence-corrected chi connectivity index (χ2v) is 8.21. The van der Waals surface area contributed by atoms with E-state index in [9.17, 15) is 0 Å². The molecular formula is C24H22. The monoisotopic (exact) mass is 310 g/mol. The van der Waals surface area contributed by atoms with Gasteiger partial charge in [0.25, 0.3) is 0 Å². The van der Waals surface area contributed by atoms with E-state index in [2.05, 4.69) is 88.6 Å². The van der Waals surface area contributed by atoms with Crippen molar-refractivity contribution >= 4 is 0 Å². The minimum Gasteiger partial charge on any atom is -0.0758 e. The maximum Gasteiger partial charge on any atom is 0.0209 e. The van der Waals surface area contributed by atoms with Crippen LogP contribution in [0.2, 0.25) is 0 Å². The first-order valence-electron chi connectivity index (χ1n) is 8.86. The minimum atomic E-state index is 0.0744. The molecule has 0 aromatic heterocycles. The van der Waals surface area contributed by atoms with Gasteiger partial charge in [0.1, 0.15) is 0 Å². The lowest BCUT2D eigenvalue weighted by Gasteiger charge is -2.42. The lowest BCUT2D eigenvalue weighted by atomic mass is 9.61. The predicted molar refractivity (Wildman–Crippen MR) is 98.7 cm³/mol. The molecule has 0 spiro atoms. The van der Waals surface area contributed by atoms with Gasteiger partial charge in [-0.3, -0.25) is 0 Å². The van der Waals surface area contributed by atoms with Crippen LogP contribution in [0, 0.1) is 71.5 Å². The zero-order valence-electron chi connectivity index (χ0n) is 14.6. The fraction of sp³-hybridized carbons (Fsp3) is 0.250. The van der Waals surface area contributed by atoms with Crippen molar-refractivity contribution in [1.82, 2.24) is 0 Å². The van der Waals surface area contributed by atoms with Crippen molar-refractivity contribution in [2.24, 2.45) is 10.8 Å². The molecule has 118 valence electrons. The maximum absolute atomic E-state index is 2.45. The summed E-state index contributed by atoms with van der Waals surface area (Å²) in [7, 11) is 0. The van der Waals surface area contributed by atoms with Gasteiger partial charge in [0.15, 0.2) is 0 Å². The summed E-state index contributed by atoms with van der Waals surface area (Å²) in [6, 6.07) is 0. The molecule has 0 heterocycles. The number of allylic oxidation sites excluding steroid dienone is 8. The first kappa shape index (κ1) is 15.2. The van der Waals surface area contributed by atoms with E-state index in [1.165, 1.54) is 47.8 Å². The van der Waals surface area contributed by atoms with Crippen LogP contribution < -0.4 is 0 Å². The van der Waals surface area contributed by atoms with E-state index < -0.39 is 0 Å². The smallest absolute Gasteiger partial charge is 0.0209 e. The van der Waals surface area contributed by atoms with Crippen LogP contribution in [0.3, 0.4) is 0 Å². The van der Waals surface area contributed by atoms with E-state index in [1.807, 2.05) is 0 Å². The average Bonchev–Trinajstić information content (AvgIpc) is 3.22. The zero-order chi connectivity index (χ0) is 16.5. The van der Waals surface area contributed by atoms with E-state index in [1.54, 1.807) is 0 Å². The molecule has 10 radical (unpaired) electrons. The van der Waals surface area contributed by atoms with Crippen LogP contribution in [0.1, 0.15) is 27.2 Å². The van der Waals surface area contributed by atoms with Crippen LogP contribution in [0.15, 0.2) is 48.6 Å². The predicted octanol–water partition coefficient (Wildman–Crippen LogP) is 5.34. The average molecular weight is 310 g/mol. The molecule has 1 unspecified atom stereocenters. The second-order valence-electron chi connectivity index (χ2n) is 8.21. The van der Waals surface area contributed by atoms with Gasteiger partial charge < -0.3 is 0 Å². The third kappa shape index (κ3) is 1.86. The van der Waals surface area contributed by atoms with Gasteiger partial charge in [0.05, 0.1) is 0 Å².